The normalized spacial score (nSPS) is 12.6. The minimum Gasteiger partial charge on any atom is -0.508 e. The number of aliphatic hydroxyl groups excluding tert-OH is 1. The van der Waals surface area contributed by atoms with Crippen molar-refractivity contribution in [3.63, 3.8) is 0 Å². The van der Waals surface area contributed by atoms with Gasteiger partial charge in [0, 0.05) is 18.8 Å². The van der Waals surface area contributed by atoms with Gasteiger partial charge in [0.1, 0.15) is 5.75 Å². The molecule has 0 bridgehead atoms. The lowest BCUT2D eigenvalue weighted by atomic mass is 10.2. The van der Waals surface area contributed by atoms with Crippen LogP contribution in [-0.4, -0.2) is 47.4 Å². The van der Waals surface area contributed by atoms with Crippen molar-refractivity contribution in [3.05, 3.63) is 24.3 Å². The fourth-order valence-electron chi connectivity index (χ4n) is 2.24. The van der Waals surface area contributed by atoms with Crippen LogP contribution in [0.3, 0.4) is 0 Å². The smallest absolute Gasteiger partial charge is 0.115 e. The zero-order valence-electron chi connectivity index (χ0n) is 13.4. The van der Waals surface area contributed by atoms with E-state index in [0.717, 1.165) is 18.8 Å². The first-order valence-electron chi connectivity index (χ1n) is 8.09. The highest BCUT2D eigenvalue weighted by Gasteiger charge is 2.11. The Morgan fingerprint density at radius 2 is 1.62 bits per heavy atom. The molecule has 0 saturated heterocycles. The van der Waals surface area contributed by atoms with Gasteiger partial charge in [-0.15, -0.1) is 0 Å². The second-order valence-electron chi connectivity index (χ2n) is 5.59. The molecule has 1 aromatic rings. The molecule has 0 aromatic heterocycles. The summed E-state index contributed by atoms with van der Waals surface area (Å²) < 4.78 is 0. The molecule has 4 nitrogen and oxygen atoms in total. The van der Waals surface area contributed by atoms with E-state index in [1.165, 1.54) is 25.7 Å². The quantitative estimate of drug-likeness (QED) is 0.549. The largest absolute Gasteiger partial charge is 0.508 e. The number of nitrogens with zero attached hydrogens (tertiary/aromatic N) is 1. The maximum atomic E-state index is 10.2. The molecule has 1 aromatic carbocycles. The van der Waals surface area contributed by atoms with Crippen LogP contribution in [0.1, 0.15) is 39.5 Å². The summed E-state index contributed by atoms with van der Waals surface area (Å²) in [4.78, 5) is 2.36. The van der Waals surface area contributed by atoms with Crippen LogP contribution in [-0.2, 0) is 0 Å². The average Bonchev–Trinajstić information content (AvgIpc) is 2.49. The van der Waals surface area contributed by atoms with Gasteiger partial charge >= 0.3 is 0 Å². The lowest BCUT2D eigenvalue weighted by Crippen LogP contribution is -2.37. The first kappa shape index (κ1) is 17.8. The van der Waals surface area contributed by atoms with Crippen molar-refractivity contribution >= 4 is 5.69 Å². The molecule has 0 amide bonds. The Bertz CT molecular complexity index is 360. The SMILES string of the molecule is CCCCN(CCCC)C[C@@H](O)CNc1ccc(O)cc1. The average molecular weight is 294 g/mol. The minimum absolute atomic E-state index is 0.256. The van der Waals surface area contributed by atoms with Gasteiger partial charge in [-0.05, 0) is 50.2 Å². The molecule has 0 saturated carbocycles. The van der Waals surface area contributed by atoms with E-state index in [4.69, 9.17) is 0 Å². The van der Waals surface area contributed by atoms with Crippen molar-refractivity contribution in [2.75, 3.05) is 31.5 Å². The van der Waals surface area contributed by atoms with Gasteiger partial charge < -0.3 is 20.4 Å². The summed E-state index contributed by atoms with van der Waals surface area (Å²) >= 11 is 0. The molecule has 0 fully saturated rings. The number of hydrogen-bond acceptors (Lipinski definition) is 4. The lowest BCUT2D eigenvalue weighted by Gasteiger charge is -2.25. The molecular formula is C17H30N2O2. The molecule has 3 N–H and O–H groups in total. The zero-order chi connectivity index (χ0) is 15.5. The molecule has 0 radical (unpaired) electrons. The number of anilines is 1. The Labute approximate surface area is 128 Å². The third kappa shape index (κ3) is 7.93. The summed E-state index contributed by atoms with van der Waals surface area (Å²) in [5.74, 6) is 0.256. The van der Waals surface area contributed by atoms with E-state index in [9.17, 15) is 10.2 Å². The Kier molecular flexibility index (Phi) is 8.87. The molecule has 0 heterocycles. The summed E-state index contributed by atoms with van der Waals surface area (Å²) in [6, 6.07) is 6.91. The molecular weight excluding hydrogens is 264 g/mol. The van der Waals surface area contributed by atoms with Gasteiger partial charge in [0.05, 0.1) is 6.10 Å². The van der Waals surface area contributed by atoms with E-state index in [1.807, 2.05) is 12.1 Å². The summed E-state index contributed by atoms with van der Waals surface area (Å²) in [6.07, 6.45) is 4.35. The molecule has 0 aliphatic rings. The Morgan fingerprint density at radius 1 is 1.05 bits per heavy atom. The Morgan fingerprint density at radius 3 is 2.14 bits per heavy atom. The number of aliphatic hydroxyl groups is 1. The molecule has 1 rings (SSSR count). The van der Waals surface area contributed by atoms with E-state index in [2.05, 4.69) is 24.1 Å². The van der Waals surface area contributed by atoms with E-state index in [-0.39, 0.29) is 11.9 Å². The maximum absolute atomic E-state index is 10.2. The van der Waals surface area contributed by atoms with Gasteiger partial charge in [-0.1, -0.05) is 26.7 Å². The molecule has 1 atom stereocenters. The van der Waals surface area contributed by atoms with Crippen LogP contribution < -0.4 is 5.32 Å². The van der Waals surface area contributed by atoms with E-state index in [1.54, 1.807) is 12.1 Å². The number of nitrogens with one attached hydrogen (secondary N) is 1. The third-order valence-corrected chi connectivity index (χ3v) is 3.53. The van der Waals surface area contributed by atoms with E-state index in [0.29, 0.717) is 13.1 Å². The minimum atomic E-state index is -0.382. The molecule has 4 heteroatoms. The standard InChI is InChI=1S/C17H30N2O2/c1-3-5-11-19(12-6-4-2)14-17(21)13-18-15-7-9-16(20)10-8-15/h7-10,17-18,20-21H,3-6,11-14H2,1-2H3/t17-/m0/s1. The predicted octanol–water partition coefficient (Wildman–Crippen LogP) is 3.07. The summed E-state index contributed by atoms with van der Waals surface area (Å²) in [7, 11) is 0. The number of phenols is 1. The first-order chi connectivity index (χ1) is 10.2. The van der Waals surface area contributed by atoms with E-state index < -0.39 is 0 Å². The van der Waals surface area contributed by atoms with Crippen LogP contribution in [0.15, 0.2) is 24.3 Å². The molecule has 120 valence electrons. The zero-order valence-corrected chi connectivity index (χ0v) is 13.4. The molecule has 0 unspecified atom stereocenters. The van der Waals surface area contributed by atoms with Gasteiger partial charge in [0.15, 0.2) is 0 Å². The Balaban J connectivity index is 2.34. The second-order valence-corrected chi connectivity index (χ2v) is 5.59. The summed E-state index contributed by atoms with van der Waals surface area (Å²) in [5, 5.41) is 22.6. The molecule has 0 aliphatic heterocycles. The number of unbranched alkanes of at least 4 members (excludes halogenated alkanes) is 2. The van der Waals surface area contributed by atoms with Crippen molar-refractivity contribution in [3.8, 4) is 5.75 Å². The van der Waals surface area contributed by atoms with Crippen LogP contribution >= 0.6 is 0 Å². The number of aromatic hydroxyl groups is 1. The van der Waals surface area contributed by atoms with Crippen LogP contribution in [0.2, 0.25) is 0 Å². The van der Waals surface area contributed by atoms with Crippen molar-refractivity contribution in [1.82, 2.24) is 4.90 Å². The number of phenolic OH excluding ortho intramolecular Hbond substituents is 1. The monoisotopic (exact) mass is 294 g/mol. The van der Waals surface area contributed by atoms with Crippen LogP contribution in [0.5, 0.6) is 5.75 Å². The van der Waals surface area contributed by atoms with Crippen molar-refractivity contribution in [2.45, 2.75) is 45.6 Å². The molecule has 0 aliphatic carbocycles. The van der Waals surface area contributed by atoms with Crippen LogP contribution in [0, 0.1) is 0 Å². The number of rotatable bonds is 11. The first-order valence-corrected chi connectivity index (χ1v) is 8.09. The summed E-state index contributed by atoms with van der Waals surface area (Å²) in [6.45, 7) is 7.76. The van der Waals surface area contributed by atoms with Gasteiger partial charge in [-0.25, -0.2) is 0 Å². The molecule has 21 heavy (non-hydrogen) atoms. The Hall–Kier alpha value is -1.26. The lowest BCUT2D eigenvalue weighted by molar-refractivity contribution is 0.119. The number of hydrogen-bond donors (Lipinski definition) is 3. The number of benzene rings is 1. The van der Waals surface area contributed by atoms with Gasteiger partial charge in [0.25, 0.3) is 0 Å². The third-order valence-electron chi connectivity index (χ3n) is 3.53. The fraction of sp³-hybridized carbons (Fsp3) is 0.647. The highest BCUT2D eigenvalue weighted by atomic mass is 16.3. The van der Waals surface area contributed by atoms with Crippen molar-refractivity contribution < 1.29 is 10.2 Å². The van der Waals surface area contributed by atoms with Crippen LogP contribution in [0.4, 0.5) is 5.69 Å². The van der Waals surface area contributed by atoms with Gasteiger partial charge in [-0.2, -0.15) is 0 Å². The highest BCUT2D eigenvalue weighted by molar-refractivity contribution is 5.45. The maximum Gasteiger partial charge on any atom is 0.115 e. The van der Waals surface area contributed by atoms with E-state index >= 15 is 0 Å². The predicted molar refractivity (Wildman–Crippen MR) is 88.9 cm³/mol. The van der Waals surface area contributed by atoms with Crippen LogP contribution in [0.25, 0.3) is 0 Å². The second kappa shape index (κ2) is 10.5. The van der Waals surface area contributed by atoms with Crippen molar-refractivity contribution in [1.29, 1.82) is 0 Å². The highest BCUT2D eigenvalue weighted by Crippen LogP contribution is 2.13. The van der Waals surface area contributed by atoms with Crippen molar-refractivity contribution in [2.24, 2.45) is 0 Å². The fourth-order valence-corrected chi connectivity index (χ4v) is 2.24. The molecule has 0 spiro atoms. The van der Waals surface area contributed by atoms with Gasteiger partial charge in [-0.3, -0.25) is 0 Å². The van der Waals surface area contributed by atoms with Gasteiger partial charge in [0.2, 0.25) is 0 Å². The topological polar surface area (TPSA) is 55.7 Å². The summed E-state index contributed by atoms with van der Waals surface area (Å²) in [5.41, 5.74) is 0.917.